The van der Waals surface area contributed by atoms with Gasteiger partial charge in [-0.2, -0.15) is 0 Å². The fraction of sp³-hybridized carbons (Fsp3) is 0.944. The Balaban J connectivity index is 0. The molecule has 3 heteroatoms. The highest BCUT2D eigenvalue weighted by Gasteiger charge is 2.41. The molecule has 0 aromatic carbocycles. The molecule has 0 saturated carbocycles. The van der Waals surface area contributed by atoms with E-state index in [-0.39, 0.29) is 0 Å². The van der Waals surface area contributed by atoms with Crippen molar-refractivity contribution in [3.63, 3.8) is 0 Å². The predicted molar refractivity (Wildman–Crippen MR) is 90.6 cm³/mol. The van der Waals surface area contributed by atoms with Crippen LogP contribution in [0.5, 0.6) is 0 Å². The van der Waals surface area contributed by atoms with Crippen LogP contribution in [0.2, 0.25) is 0 Å². The van der Waals surface area contributed by atoms with Gasteiger partial charge >= 0.3 is 5.97 Å². The molecule has 1 unspecified atom stereocenters. The molecule has 0 aromatic rings. The van der Waals surface area contributed by atoms with Crippen molar-refractivity contribution >= 4 is 5.97 Å². The summed E-state index contributed by atoms with van der Waals surface area (Å²) in [4.78, 5) is 11.4. The monoisotopic (exact) mass is 302 g/mol. The van der Waals surface area contributed by atoms with Crippen LogP contribution in [0.4, 0.5) is 0 Å². The van der Waals surface area contributed by atoms with Crippen molar-refractivity contribution in [1.29, 1.82) is 0 Å². The lowest BCUT2D eigenvalue weighted by molar-refractivity contribution is -0.153. The summed E-state index contributed by atoms with van der Waals surface area (Å²) < 4.78 is 0. The first kappa shape index (κ1) is 22.7. The van der Waals surface area contributed by atoms with Gasteiger partial charge in [-0.3, -0.25) is 4.79 Å². The minimum atomic E-state index is -0.609. The molecule has 21 heavy (non-hydrogen) atoms. The molecule has 0 aliphatic heterocycles. The van der Waals surface area contributed by atoms with Crippen molar-refractivity contribution in [2.75, 3.05) is 6.61 Å². The first-order chi connectivity index (χ1) is 10.00. The van der Waals surface area contributed by atoms with Gasteiger partial charge in [-0.1, -0.05) is 66.7 Å². The van der Waals surface area contributed by atoms with Gasteiger partial charge in [-0.05, 0) is 31.6 Å². The van der Waals surface area contributed by atoms with Crippen LogP contribution in [0.15, 0.2) is 0 Å². The zero-order valence-corrected chi connectivity index (χ0v) is 15.0. The maximum Gasteiger partial charge on any atom is 0.309 e. The van der Waals surface area contributed by atoms with Crippen LogP contribution in [-0.2, 0) is 4.79 Å². The van der Waals surface area contributed by atoms with Gasteiger partial charge in [-0.25, -0.2) is 0 Å². The third-order valence-electron chi connectivity index (χ3n) is 4.61. The van der Waals surface area contributed by atoms with E-state index >= 15 is 0 Å². The lowest BCUT2D eigenvalue weighted by atomic mass is 9.68. The first-order valence-corrected chi connectivity index (χ1v) is 8.84. The lowest BCUT2D eigenvalue weighted by Gasteiger charge is -2.35. The lowest BCUT2D eigenvalue weighted by Crippen LogP contribution is -2.37. The zero-order chi connectivity index (χ0) is 16.7. The molecular formula is C18H38O3. The molecule has 1 atom stereocenters. The number of aliphatic hydroxyl groups is 1. The zero-order valence-electron chi connectivity index (χ0n) is 15.0. The molecule has 0 radical (unpaired) electrons. The molecule has 0 bridgehead atoms. The van der Waals surface area contributed by atoms with Crippen molar-refractivity contribution in [3.05, 3.63) is 0 Å². The van der Waals surface area contributed by atoms with Gasteiger partial charge in [0.1, 0.15) is 0 Å². The van der Waals surface area contributed by atoms with Gasteiger partial charge in [-0.15, -0.1) is 0 Å². The number of hydrogen-bond acceptors (Lipinski definition) is 2. The van der Waals surface area contributed by atoms with Crippen LogP contribution in [-0.4, -0.2) is 22.8 Å². The van der Waals surface area contributed by atoms with E-state index in [9.17, 15) is 9.90 Å². The Morgan fingerprint density at radius 2 is 1.52 bits per heavy atom. The summed E-state index contributed by atoms with van der Waals surface area (Å²) in [5.41, 5.74) is -0.481. The van der Waals surface area contributed by atoms with Crippen molar-refractivity contribution in [1.82, 2.24) is 0 Å². The number of carboxylic acids is 1. The van der Waals surface area contributed by atoms with E-state index in [1.807, 2.05) is 13.8 Å². The standard InChI is InChI=1S/C12H24O2.C6H14O/c1-5-9-10(6-2)12(7-3,8-4)11(13)14;1-2-3-4-5-6-7/h10H,5-9H2,1-4H3,(H,13,14);7H,2-6H2,1H3. The number of carbonyl (C=O) groups is 1. The van der Waals surface area contributed by atoms with Crippen molar-refractivity contribution < 1.29 is 15.0 Å². The molecule has 0 aromatic heterocycles. The maximum atomic E-state index is 11.4. The molecule has 0 heterocycles. The second-order valence-electron chi connectivity index (χ2n) is 5.85. The Labute approximate surface area is 132 Å². The summed E-state index contributed by atoms with van der Waals surface area (Å²) in [5, 5.41) is 17.6. The summed E-state index contributed by atoms with van der Waals surface area (Å²) in [6.45, 7) is 10.7. The number of aliphatic hydroxyl groups excluding tert-OH is 1. The first-order valence-electron chi connectivity index (χ1n) is 8.84. The molecule has 0 saturated heterocycles. The molecule has 2 N–H and O–H groups in total. The summed E-state index contributed by atoms with van der Waals surface area (Å²) in [7, 11) is 0. The number of unbranched alkanes of at least 4 members (excludes halogenated alkanes) is 3. The normalized spacial score (nSPS) is 12.5. The Morgan fingerprint density at radius 1 is 0.952 bits per heavy atom. The number of aliphatic carboxylic acids is 1. The average molecular weight is 302 g/mol. The minimum Gasteiger partial charge on any atom is -0.481 e. The summed E-state index contributed by atoms with van der Waals surface area (Å²) in [6.07, 6.45) is 9.26. The van der Waals surface area contributed by atoms with E-state index in [0.29, 0.717) is 12.5 Å². The van der Waals surface area contributed by atoms with Gasteiger partial charge in [0.2, 0.25) is 0 Å². The third-order valence-corrected chi connectivity index (χ3v) is 4.61. The fourth-order valence-corrected chi connectivity index (χ4v) is 3.06. The van der Waals surface area contributed by atoms with Crippen LogP contribution < -0.4 is 0 Å². The Morgan fingerprint density at radius 3 is 1.81 bits per heavy atom. The van der Waals surface area contributed by atoms with E-state index in [1.165, 1.54) is 19.3 Å². The molecule has 0 fully saturated rings. The summed E-state index contributed by atoms with van der Waals surface area (Å²) in [5.74, 6) is -0.275. The molecule has 0 aliphatic rings. The molecule has 0 rings (SSSR count). The number of hydrogen-bond donors (Lipinski definition) is 2. The minimum absolute atomic E-state index is 0.333. The topological polar surface area (TPSA) is 57.5 Å². The molecule has 128 valence electrons. The highest BCUT2D eigenvalue weighted by Crippen LogP contribution is 2.40. The molecule has 0 aliphatic carbocycles. The number of carboxylic acid groups (broad SMARTS) is 1. The highest BCUT2D eigenvalue weighted by atomic mass is 16.4. The van der Waals surface area contributed by atoms with Crippen LogP contribution >= 0.6 is 0 Å². The second-order valence-corrected chi connectivity index (χ2v) is 5.85. The molecule has 3 nitrogen and oxygen atoms in total. The Bertz CT molecular complexity index is 231. The van der Waals surface area contributed by atoms with Crippen LogP contribution in [0.3, 0.4) is 0 Å². The third kappa shape index (κ3) is 8.45. The van der Waals surface area contributed by atoms with E-state index in [4.69, 9.17) is 5.11 Å². The fourth-order valence-electron chi connectivity index (χ4n) is 3.06. The number of rotatable bonds is 11. The van der Waals surface area contributed by atoms with Crippen LogP contribution in [0.25, 0.3) is 0 Å². The van der Waals surface area contributed by atoms with Crippen molar-refractivity contribution in [2.45, 2.75) is 92.4 Å². The quantitative estimate of drug-likeness (QED) is 0.512. The van der Waals surface area contributed by atoms with E-state index in [0.717, 1.165) is 38.5 Å². The van der Waals surface area contributed by atoms with E-state index in [1.54, 1.807) is 0 Å². The van der Waals surface area contributed by atoms with Crippen LogP contribution in [0.1, 0.15) is 92.4 Å². The van der Waals surface area contributed by atoms with E-state index < -0.39 is 11.4 Å². The summed E-state index contributed by atoms with van der Waals surface area (Å²) >= 11 is 0. The van der Waals surface area contributed by atoms with Gasteiger partial charge in [0.05, 0.1) is 5.41 Å². The molecule has 0 spiro atoms. The largest absolute Gasteiger partial charge is 0.481 e. The van der Waals surface area contributed by atoms with Crippen molar-refractivity contribution in [3.8, 4) is 0 Å². The van der Waals surface area contributed by atoms with E-state index in [2.05, 4.69) is 20.8 Å². The van der Waals surface area contributed by atoms with Crippen molar-refractivity contribution in [2.24, 2.45) is 11.3 Å². The van der Waals surface area contributed by atoms with Gasteiger partial charge in [0.25, 0.3) is 0 Å². The van der Waals surface area contributed by atoms with Gasteiger partial charge in [0.15, 0.2) is 0 Å². The van der Waals surface area contributed by atoms with Crippen LogP contribution in [0, 0.1) is 11.3 Å². The molecular weight excluding hydrogens is 264 g/mol. The van der Waals surface area contributed by atoms with Gasteiger partial charge in [0, 0.05) is 6.61 Å². The van der Waals surface area contributed by atoms with Gasteiger partial charge < -0.3 is 10.2 Å². The summed E-state index contributed by atoms with van der Waals surface area (Å²) in [6, 6.07) is 0. The Hall–Kier alpha value is -0.570. The second kappa shape index (κ2) is 14.4. The Kier molecular flexibility index (Phi) is 15.5. The predicted octanol–water partition coefficient (Wildman–Crippen LogP) is 5.26. The molecule has 0 amide bonds. The SMILES string of the molecule is CCCC(CC)C(CC)(CC)C(=O)O.CCCCCCO. The average Bonchev–Trinajstić information content (AvgIpc) is 2.48. The highest BCUT2D eigenvalue weighted by molar-refractivity contribution is 5.74. The maximum absolute atomic E-state index is 11.4. The smallest absolute Gasteiger partial charge is 0.309 e.